The van der Waals surface area contributed by atoms with Gasteiger partial charge < -0.3 is 5.32 Å². The van der Waals surface area contributed by atoms with E-state index in [9.17, 15) is 13.6 Å². The Morgan fingerprint density at radius 2 is 2.16 bits per heavy atom. The molecule has 0 bridgehead atoms. The molecule has 0 aliphatic heterocycles. The normalized spacial score (nSPS) is 10.5. The van der Waals surface area contributed by atoms with Crippen molar-refractivity contribution in [1.82, 2.24) is 4.37 Å². The molecule has 1 N–H and O–H groups in total. The number of hydrogen-bond donors (Lipinski definition) is 1. The number of aryl methyl sites for hydroxylation is 1. The molecule has 1 heterocycles. The molecule has 2 rings (SSSR count). The Hall–Kier alpha value is -1.82. The third-order valence-corrected chi connectivity index (χ3v) is 3.56. The fourth-order valence-electron chi connectivity index (χ4n) is 1.76. The lowest BCUT2D eigenvalue weighted by molar-refractivity contribution is 0.101. The van der Waals surface area contributed by atoms with Crippen LogP contribution in [0.4, 0.5) is 13.8 Å². The van der Waals surface area contributed by atoms with Crippen LogP contribution in [0.25, 0.3) is 0 Å². The van der Waals surface area contributed by atoms with Crippen LogP contribution in [0.1, 0.15) is 28.5 Å². The highest BCUT2D eigenvalue weighted by atomic mass is 32.1. The number of nitrogens with zero attached hydrogens (tertiary/aromatic N) is 1. The summed E-state index contributed by atoms with van der Waals surface area (Å²) in [5.74, 6) is -1.08. The van der Waals surface area contributed by atoms with Crippen LogP contribution in [0.2, 0.25) is 0 Å². The summed E-state index contributed by atoms with van der Waals surface area (Å²) in [4.78, 5) is 11.5. The van der Waals surface area contributed by atoms with Crippen molar-refractivity contribution in [2.75, 3.05) is 5.32 Å². The maximum Gasteiger partial charge on any atom is 0.164 e. The van der Waals surface area contributed by atoms with E-state index >= 15 is 0 Å². The number of hydrogen-bond acceptors (Lipinski definition) is 4. The summed E-state index contributed by atoms with van der Waals surface area (Å²) in [7, 11) is 0. The molecule has 3 nitrogen and oxygen atoms in total. The summed E-state index contributed by atoms with van der Waals surface area (Å²) in [6.07, 6.45) is 0. The monoisotopic (exact) mass is 282 g/mol. The van der Waals surface area contributed by atoms with Crippen molar-refractivity contribution in [2.45, 2.75) is 20.4 Å². The molecule has 0 saturated heterocycles. The number of Topliss-reactive ketones (excluding diaryl/α,β-unsaturated/α-hetero) is 1. The highest BCUT2D eigenvalue weighted by Crippen LogP contribution is 2.25. The Labute approximate surface area is 113 Å². The number of carbonyl (C=O) groups is 1. The second kappa shape index (κ2) is 5.44. The van der Waals surface area contributed by atoms with Crippen LogP contribution < -0.4 is 5.32 Å². The van der Waals surface area contributed by atoms with Gasteiger partial charge in [-0.3, -0.25) is 4.79 Å². The van der Waals surface area contributed by atoms with Gasteiger partial charge in [0.2, 0.25) is 0 Å². The van der Waals surface area contributed by atoms with Gasteiger partial charge in [-0.25, -0.2) is 8.78 Å². The topological polar surface area (TPSA) is 42.0 Å². The highest BCUT2D eigenvalue weighted by molar-refractivity contribution is 7.10. The fourth-order valence-corrected chi connectivity index (χ4v) is 2.60. The van der Waals surface area contributed by atoms with Crippen LogP contribution in [0.5, 0.6) is 0 Å². The number of carbonyl (C=O) groups excluding carboxylic acids is 1. The summed E-state index contributed by atoms with van der Waals surface area (Å²) in [5, 5.41) is 3.51. The van der Waals surface area contributed by atoms with Crippen molar-refractivity contribution < 1.29 is 13.6 Å². The second-order valence-corrected chi connectivity index (χ2v) is 4.89. The fraction of sp³-hybridized carbons (Fsp3) is 0.231. The van der Waals surface area contributed by atoms with Gasteiger partial charge >= 0.3 is 0 Å². The average Bonchev–Trinajstić information content (AvgIpc) is 2.72. The third kappa shape index (κ3) is 2.96. The summed E-state index contributed by atoms with van der Waals surface area (Å²) >= 11 is 1.14. The Morgan fingerprint density at radius 3 is 2.84 bits per heavy atom. The minimum absolute atomic E-state index is 0.103. The molecule has 19 heavy (non-hydrogen) atoms. The number of rotatable bonds is 4. The van der Waals surface area contributed by atoms with E-state index in [-0.39, 0.29) is 17.9 Å². The van der Waals surface area contributed by atoms with Crippen molar-refractivity contribution in [3.8, 4) is 0 Å². The largest absolute Gasteiger partial charge is 0.371 e. The number of anilines is 1. The first-order valence-corrected chi connectivity index (χ1v) is 6.41. The predicted molar refractivity (Wildman–Crippen MR) is 70.5 cm³/mol. The van der Waals surface area contributed by atoms with Crippen LogP contribution in [0.15, 0.2) is 18.2 Å². The van der Waals surface area contributed by atoms with Gasteiger partial charge in [-0.05, 0) is 43.6 Å². The smallest absolute Gasteiger partial charge is 0.164 e. The summed E-state index contributed by atoms with van der Waals surface area (Å²) in [6, 6.07) is 3.27. The maximum atomic E-state index is 13.5. The molecule has 0 fully saturated rings. The van der Waals surface area contributed by atoms with Gasteiger partial charge in [0.05, 0.1) is 11.3 Å². The maximum absolute atomic E-state index is 13.5. The number of ketones is 1. The van der Waals surface area contributed by atoms with Crippen molar-refractivity contribution in [1.29, 1.82) is 0 Å². The lowest BCUT2D eigenvalue weighted by Gasteiger charge is -2.06. The van der Waals surface area contributed by atoms with E-state index in [1.807, 2.05) is 0 Å². The molecule has 1 aromatic carbocycles. The number of nitrogens with one attached hydrogen (secondary N) is 1. The molecular weight excluding hydrogens is 270 g/mol. The molecular formula is C13H12F2N2OS. The van der Waals surface area contributed by atoms with E-state index in [0.717, 1.165) is 29.7 Å². The van der Waals surface area contributed by atoms with Crippen LogP contribution in [0.3, 0.4) is 0 Å². The third-order valence-electron chi connectivity index (χ3n) is 2.66. The first-order chi connectivity index (χ1) is 8.99. The van der Waals surface area contributed by atoms with E-state index in [2.05, 4.69) is 9.69 Å². The summed E-state index contributed by atoms with van der Waals surface area (Å²) in [6.45, 7) is 3.29. The Morgan fingerprint density at radius 1 is 1.42 bits per heavy atom. The minimum atomic E-state index is -0.495. The molecule has 0 radical (unpaired) electrons. The molecule has 0 aliphatic carbocycles. The average molecular weight is 282 g/mol. The van der Waals surface area contributed by atoms with Crippen LogP contribution in [0, 0.1) is 18.6 Å². The molecule has 0 saturated carbocycles. The second-order valence-electron chi connectivity index (χ2n) is 4.12. The van der Waals surface area contributed by atoms with Crippen LogP contribution in [-0.2, 0) is 6.54 Å². The van der Waals surface area contributed by atoms with Gasteiger partial charge in [-0.15, -0.1) is 0 Å². The van der Waals surface area contributed by atoms with Crippen molar-refractivity contribution in [2.24, 2.45) is 0 Å². The van der Waals surface area contributed by atoms with Crippen molar-refractivity contribution in [3.63, 3.8) is 0 Å². The van der Waals surface area contributed by atoms with E-state index in [1.54, 1.807) is 6.92 Å². The first-order valence-electron chi connectivity index (χ1n) is 5.64. The number of halogens is 2. The summed E-state index contributed by atoms with van der Waals surface area (Å²) in [5.41, 5.74) is 1.35. The van der Waals surface area contributed by atoms with Gasteiger partial charge in [0.25, 0.3) is 0 Å². The van der Waals surface area contributed by atoms with Gasteiger partial charge in [0.15, 0.2) is 5.78 Å². The van der Waals surface area contributed by atoms with Gasteiger partial charge in [0.1, 0.15) is 16.6 Å². The predicted octanol–water partition coefficient (Wildman–Crippen LogP) is 3.54. The lowest BCUT2D eigenvalue weighted by atomic mass is 10.1. The quantitative estimate of drug-likeness (QED) is 0.872. The zero-order valence-electron chi connectivity index (χ0n) is 10.5. The van der Waals surface area contributed by atoms with Crippen LogP contribution in [-0.4, -0.2) is 10.2 Å². The summed E-state index contributed by atoms with van der Waals surface area (Å²) < 4.78 is 30.6. The minimum Gasteiger partial charge on any atom is -0.371 e. The molecule has 0 amide bonds. The molecule has 2 aromatic rings. The van der Waals surface area contributed by atoms with E-state index < -0.39 is 11.6 Å². The van der Waals surface area contributed by atoms with Gasteiger partial charge in [-0.2, -0.15) is 4.37 Å². The molecule has 0 aliphatic rings. The number of benzene rings is 1. The van der Waals surface area contributed by atoms with Gasteiger partial charge in [-0.1, -0.05) is 0 Å². The molecule has 1 aromatic heterocycles. The first kappa shape index (κ1) is 13.6. The van der Waals surface area contributed by atoms with Crippen molar-refractivity contribution in [3.05, 3.63) is 46.7 Å². The zero-order chi connectivity index (χ0) is 14.0. The van der Waals surface area contributed by atoms with E-state index in [1.165, 1.54) is 6.92 Å². The van der Waals surface area contributed by atoms with E-state index in [0.29, 0.717) is 16.3 Å². The Bertz CT molecular complexity index is 625. The molecule has 0 atom stereocenters. The molecule has 0 spiro atoms. The Kier molecular flexibility index (Phi) is 3.90. The van der Waals surface area contributed by atoms with E-state index in [4.69, 9.17) is 0 Å². The van der Waals surface area contributed by atoms with Crippen molar-refractivity contribution >= 4 is 22.3 Å². The zero-order valence-corrected chi connectivity index (χ0v) is 11.3. The highest BCUT2D eigenvalue weighted by Gasteiger charge is 2.15. The van der Waals surface area contributed by atoms with Crippen LogP contribution >= 0.6 is 11.5 Å². The van der Waals surface area contributed by atoms with Gasteiger partial charge in [0, 0.05) is 12.1 Å². The number of aromatic nitrogens is 1. The Balaban J connectivity index is 2.19. The lowest BCUT2D eigenvalue weighted by Crippen LogP contribution is -2.05. The standard InChI is InChI=1S/C13H12F2N2OS/c1-7-12(8(2)18)13(19-17-7)16-6-9-5-10(14)3-4-11(9)15/h3-5,16H,6H2,1-2H3. The molecule has 6 heteroatoms. The molecule has 100 valence electrons. The molecule has 0 unspecified atom stereocenters. The SMILES string of the molecule is CC(=O)c1c(C)nsc1NCc1cc(F)ccc1F.